The third-order valence-corrected chi connectivity index (χ3v) is 7.16. The number of aliphatic hydroxyl groups is 1. The number of carbonyl (C=O) groups excluding carboxylic acids is 1. The number of hydrogen-bond acceptors (Lipinski definition) is 6. The van der Waals surface area contributed by atoms with Crippen molar-refractivity contribution in [1.29, 1.82) is 0 Å². The van der Waals surface area contributed by atoms with Crippen LogP contribution in [0.1, 0.15) is 93.9 Å². The maximum Gasteiger partial charge on any atom is 0.311 e. The minimum absolute atomic E-state index is 0.270. The Kier molecular flexibility index (Phi) is 14.5. The van der Waals surface area contributed by atoms with Crippen LogP contribution in [0.2, 0.25) is 0 Å². The fraction of sp³-hybridized carbons (Fsp3) is 0.417. The highest BCUT2D eigenvalue weighted by Gasteiger charge is 2.15. The van der Waals surface area contributed by atoms with Gasteiger partial charge in [0.15, 0.2) is 0 Å². The number of aliphatic hydroxyl groups excluding tert-OH is 1. The summed E-state index contributed by atoms with van der Waals surface area (Å²) in [4.78, 5) is 12.7. The molecule has 42 heavy (non-hydrogen) atoms. The Hall–Kier alpha value is -3.77. The number of rotatable bonds is 19. The van der Waals surface area contributed by atoms with E-state index in [2.05, 4.69) is 6.92 Å². The van der Waals surface area contributed by atoms with Gasteiger partial charge in [-0.25, -0.2) is 0 Å². The Labute approximate surface area is 251 Å². The highest BCUT2D eigenvalue weighted by Crippen LogP contribution is 2.33. The van der Waals surface area contributed by atoms with Gasteiger partial charge in [-0.3, -0.25) is 4.79 Å². The molecule has 3 aromatic carbocycles. The standard InChI is InChI=1S/C36H46O6/c1-4-5-6-7-8-9-10-11-15-18-36(38)42-34-25-30(39-2)21-19-29(34)20-24-33(37)32-23-22-31(40-3)26-35(32)41-27-28-16-13-12-14-17-28/h12-14,16-17,19-26,33,37H,4-11,15,18,27H2,1-3H3. The number of benzene rings is 3. The molecule has 0 aliphatic heterocycles. The molecule has 0 heterocycles. The zero-order valence-corrected chi connectivity index (χ0v) is 25.3. The smallest absolute Gasteiger partial charge is 0.311 e. The van der Waals surface area contributed by atoms with Crippen LogP contribution in [0.4, 0.5) is 0 Å². The number of hydrogen-bond donors (Lipinski definition) is 1. The molecule has 0 saturated carbocycles. The van der Waals surface area contributed by atoms with E-state index in [-0.39, 0.29) is 5.97 Å². The molecule has 3 rings (SSSR count). The summed E-state index contributed by atoms with van der Waals surface area (Å²) in [7, 11) is 3.16. The summed E-state index contributed by atoms with van der Waals surface area (Å²) in [5.41, 5.74) is 2.28. The third-order valence-electron chi connectivity index (χ3n) is 7.16. The molecular formula is C36H46O6. The highest BCUT2D eigenvalue weighted by molar-refractivity contribution is 5.74. The molecule has 0 amide bonds. The molecule has 0 spiro atoms. The summed E-state index contributed by atoms with van der Waals surface area (Å²) in [5, 5.41) is 11.1. The van der Waals surface area contributed by atoms with Crippen LogP contribution >= 0.6 is 0 Å². The van der Waals surface area contributed by atoms with Gasteiger partial charge in [0.2, 0.25) is 0 Å². The Bertz CT molecular complexity index is 1240. The summed E-state index contributed by atoms with van der Waals surface area (Å²) >= 11 is 0. The van der Waals surface area contributed by atoms with Crippen LogP contribution in [0.5, 0.6) is 23.0 Å². The maximum atomic E-state index is 12.7. The normalized spacial score (nSPS) is 11.8. The predicted octanol–water partition coefficient (Wildman–Crippen LogP) is 8.86. The molecule has 1 unspecified atom stereocenters. The third kappa shape index (κ3) is 11.2. The van der Waals surface area contributed by atoms with Gasteiger partial charge >= 0.3 is 5.97 Å². The van der Waals surface area contributed by atoms with Crippen molar-refractivity contribution in [2.45, 2.75) is 83.8 Å². The lowest BCUT2D eigenvalue weighted by Crippen LogP contribution is -2.08. The van der Waals surface area contributed by atoms with Crippen molar-refractivity contribution in [2.75, 3.05) is 14.2 Å². The monoisotopic (exact) mass is 574 g/mol. The molecule has 3 aromatic rings. The minimum Gasteiger partial charge on any atom is -0.497 e. The van der Waals surface area contributed by atoms with Gasteiger partial charge in [0.1, 0.15) is 35.7 Å². The zero-order chi connectivity index (χ0) is 30.0. The van der Waals surface area contributed by atoms with E-state index < -0.39 is 6.10 Å². The SMILES string of the molecule is CCCCCCCCCCCC(=O)Oc1cc(OC)ccc1C=CC(O)c1ccc(OC)cc1OCc1ccccc1. The van der Waals surface area contributed by atoms with Gasteiger partial charge in [-0.05, 0) is 36.2 Å². The van der Waals surface area contributed by atoms with Crippen LogP contribution in [0.3, 0.4) is 0 Å². The zero-order valence-electron chi connectivity index (χ0n) is 25.3. The molecule has 0 aromatic heterocycles. The van der Waals surface area contributed by atoms with E-state index in [1.165, 1.54) is 38.5 Å². The van der Waals surface area contributed by atoms with Crippen molar-refractivity contribution in [2.24, 2.45) is 0 Å². The Morgan fingerprint density at radius 2 is 1.40 bits per heavy atom. The minimum atomic E-state index is -0.964. The van der Waals surface area contributed by atoms with E-state index in [0.29, 0.717) is 47.2 Å². The van der Waals surface area contributed by atoms with Crippen LogP contribution < -0.4 is 18.9 Å². The molecule has 1 atom stereocenters. The summed E-state index contributed by atoms with van der Waals surface area (Å²) in [5.74, 6) is 1.87. The van der Waals surface area contributed by atoms with E-state index in [4.69, 9.17) is 18.9 Å². The predicted molar refractivity (Wildman–Crippen MR) is 168 cm³/mol. The second kappa shape index (κ2) is 18.6. The first-order valence-electron chi connectivity index (χ1n) is 15.1. The molecule has 1 N–H and O–H groups in total. The van der Waals surface area contributed by atoms with Gasteiger partial charge < -0.3 is 24.1 Å². The van der Waals surface area contributed by atoms with Crippen molar-refractivity contribution >= 4 is 12.0 Å². The molecule has 0 aliphatic rings. The average molecular weight is 575 g/mol. The maximum absolute atomic E-state index is 12.7. The van der Waals surface area contributed by atoms with Gasteiger partial charge in [-0.2, -0.15) is 0 Å². The number of methoxy groups -OCH3 is 2. The van der Waals surface area contributed by atoms with Gasteiger partial charge in [-0.15, -0.1) is 0 Å². The van der Waals surface area contributed by atoms with Gasteiger partial charge in [0, 0.05) is 29.7 Å². The molecule has 0 saturated heterocycles. The van der Waals surface area contributed by atoms with Crippen molar-refractivity contribution in [3.63, 3.8) is 0 Å². The number of esters is 1. The topological polar surface area (TPSA) is 74.2 Å². The van der Waals surface area contributed by atoms with E-state index in [0.717, 1.165) is 24.8 Å². The largest absolute Gasteiger partial charge is 0.497 e. The number of carbonyl (C=O) groups is 1. The van der Waals surface area contributed by atoms with Crippen LogP contribution in [0.15, 0.2) is 72.8 Å². The molecule has 0 fully saturated rings. The van der Waals surface area contributed by atoms with Crippen LogP contribution in [0.25, 0.3) is 6.08 Å². The fourth-order valence-corrected chi connectivity index (χ4v) is 4.67. The molecule has 0 bridgehead atoms. The lowest BCUT2D eigenvalue weighted by molar-refractivity contribution is -0.134. The van der Waals surface area contributed by atoms with Crippen molar-refractivity contribution in [3.05, 3.63) is 89.5 Å². The average Bonchev–Trinajstić information content (AvgIpc) is 3.02. The molecular weight excluding hydrogens is 528 g/mol. The van der Waals surface area contributed by atoms with E-state index in [1.807, 2.05) is 36.4 Å². The summed E-state index contributed by atoms with van der Waals surface area (Å²) in [6, 6.07) is 20.5. The van der Waals surface area contributed by atoms with Crippen LogP contribution in [-0.2, 0) is 11.4 Å². The lowest BCUT2D eigenvalue weighted by Gasteiger charge is -2.16. The van der Waals surface area contributed by atoms with Gasteiger partial charge in [0.05, 0.1) is 14.2 Å². The quantitative estimate of drug-likeness (QED) is 0.0876. The first-order chi connectivity index (χ1) is 20.5. The van der Waals surface area contributed by atoms with Crippen molar-refractivity contribution < 1.29 is 28.8 Å². The first kappa shape index (κ1) is 32.7. The summed E-state index contributed by atoms with van der Waals surface area (Å²) in [6.45, 7) is 2.59. The molecule has 226 valence electrons. The molecule has 0 radical (unpaired) electrons. The van der Waals surface area contributed by atoms with Crippen molar-refractivity contribution in [1.82, 2.24) is 0 Å². The molecule has 6 nitrogen and oxygen atoms in total. The highest BCUT2D eigenvalue weighted by atomic mass is 16.5. The Morgan fingerprint density at radius 1 is 0.786 bits per heavy atom. The van der Waals surface area contributed by atoms with E-state index >= 15 is 0 Å². The lowest BCUT2D eigenvalue weighted by atomic mass is 10.1. The van der Waals surface area contributed by atoms with Gasteiger partial charge in [0.25, 0.3) is 0 Å². The second-order valence-corrected chi connectivity index (χ2v) is 10.4. The summed E-state index contributed by atoms with van der Waals surface area (Å²) < 4.78 is 22.5. The number of unbranched alkanes of at least 4 members (excludes halogenated alkanes) is 8. The number of ether oxygens (including phenoxy) is 4. The van der Waals surface area contributed by atoms with Crippen LogP contribution in [-0.4, -0.2) is 25.3 Å². The second-order valence-electron chi connectivity index (χ2n) is 10.4. The van der Waals surface area contributed by atoms with Gasteiger partial charge in [-0.1, -0.05) is 101 Å². The summed E-state index contributed by atoms with van der Waals surface area (Å²) in [6.07, 6.45) is 13.5. The Morgan fingerprint density at radius 3 is 2.07 bits per heavy atom. The molecule has 6 heteroatoms. The van der Waals surface area contributed by atoms with Crippen LogP contribution in [0, 0.1) is 0 Å². The first-order valence-corrected chi connectivity index (χ1v) is 15.1. The van der Waals surface area contributed by atoms with E-state index in [9.17, 15) is 9.90 Å². The van der Waals surface area contributed by atoms with E-state index in [1.54, 1.807) is 56.7 Å². The molecule has 0 aliphatic carbocycles. The fourth-order valence-electron chi connectivity index (χ4n) is 4.67. The Balaban J connectivity index is 1.62. The van der Waals surface area contributed by atoms with Crippen molar-refractivity contribution in [3.8, 4) is 23.0 Å².